The van der Waals surface area contributed by atoms with E-state index in [-0.39, 0.29) is 11.8 Å². The van der Waals surface area contributed by atoms with Crippen molar-refractivity contribution in [2.75, 3.05) is 7.05 Å². The van der Waals surface area contributed by atoms with Crippen molar-refractivity contribution < 1.29 is 14.1 Å². The van der Waals surface area contributed by atoms with Crippen LogP contribution in [0, 0.1) is 13.8 Å². The number of carbonyl (C=O) groups excluding carboxylic acids is 2. The van der Waals surface area contributed by atoms with Gasteiger partial charge >= 0.3 is 0 Å². The lowest BCUT2D eigenvalue weighted by Gasteiger charge is -2.18. The molecule has 1 N–H and O–H groups in total. The molecule has 3 heterocycles. The first-order valence-electron chi connectivity index (χ1n) is 10.9. The number of fused-ring (bicyclic) bond motifs is 1. The van der Waals surface area contributed by atoms with Gasteiger partial charge in [-0.1, -0.05) is 17.3 Å². The normalized spacial score (nSPS) is 13.3. The predicted octanol–water partition coefficient (Wildman–Crippen LogP) is 4.73. The smallest absolute Gasteiger partial charge is 0.259 e. The molecule has 5 rings (SSSR count). The van der Waals surface area contributed by atoms with Crippen LogP contribution < -0.4 is 5.32 Å². The molecule has 1 aromatic carbocycles. The number of nitrogens with one attached hydrogen (secondary N) is 1. The zero-order valence-corrected chi connectivity index (χ0v) is 19.5. The van der Waals surface area contributed by atoms with Gasteiger partial charge in [0.25, 0.3) is 17.5 Å². The molecule has 4 aromatic rings. The number of nitrogens with zero attached hydrogens (tertiary/aromatic N) is 3. The molecule has 3 aromatic heterocycles. The summed E-state index contributed by atoms with van der Waals surface area (Å²) in [6.07, 6.45) is 2.11. The molecular formula is C25H24N4O3S. The van der Waals surface area contributed by atoms with Crippen LogP contribution in [-0.2, 0) is 6.54 Å². The molecule has 33 heavy (non-hydrogen) atoms. The Morgan fingerprint density at radius 3 is 2.58 bits per heavy atom. The second-order valence-electron chi connectivity index (χ2n) is 8.52. The van der Waals surface area contributed by atoms with Crippen molar-refractivity contribution in [1.82, 2.24) is 20.4 Å². The highest BCUT2D eigenvalue weighted by molar-refractivity contribution is 7.15. The van der Waals surface area contributed by atoms with E-state index in [1.165, 1.54) is 4.88 Å². The van der Waals surface area contributed by atoms with Gasteiger partial charge in [-0.15, -0.1) is 11.3 Å². The first-order valence-corrected chi connectivity index (χ1v) is 11.7. The highest BCUT2D eigenvalue weighted by Crippen LogP contribution is 2.31. The van der Waals surface area contributed by atoms with Gasteiger partial charge in [0.1, 0.15) is 0 Å². The highest BCUT2D eigenvalue weighted by atomic mass is 32.1. The lowest BCUT2D eigenvalue weighted by atomic mass is 10.1. The summed E-state index contributed by atoms with van der Waals surface area (Å²) in [7, 11) is 1.76. The number of aromatic nitrogens is 2. The van der Waals surface area contributed by atoms with Crippen molar-refractivity contribution in [3.05, 3.63) is 69.7 Å². The van der Waals surface area contributed by atoms with Gasteiger partial charge in [0, 0.05) is 30.1 Å². The standard InChI is InChI=1S/C25H24N4O3S/c1-14-4-11-21(33-14)20-12-19(22-15(2)28-32-24(22)27-20)25(31)29(3)13-16-5-7-17(8-6-16)23(30)26-18-9-10-18/h4-8,11-12,18H,9-10,13H2,1-3H3,(H,26,30). The minimum atomic E-state index is -0.140. The van der Waals surface area contributed by atoms with Crippen molar-refractivity contribution in [1.29, 1.82) is 0 Å². The topological polar surface area (TPSA) is 88.3 Å². The van der Waals surface area contributed by atoms with Gasteiger partial charge in [-0.25, -0.2) is 4.98 Å². The number of carbonyl (C=O) groups is 2. The molecule has 168 valence electrons. The van der Waals surface area contributed by atoms with Gasteiger partial charge in [0.2, 0.25) is 0 Å². The van der Waals surface area contributed by atoms with Crippen molar-refractivity contribution in [3.8, 4) is 10.6 Å². The van der Waals surface area contributed by atoms with E-state index in [0.29, 0.717) is 46.2 Å². The zero-order valence-electron chi connectivity index (χ0n) is 18.7. The van der Waals surface area contributed by atoms with E-state index in [2.05, 4.69) is 15.5 Å². The minimum Gasteiger partial charge on any atom is -0.349 e. The van der Waals surface area contributed by atoms with Crippen LogP contribution in [0.5, 0.6) is 0 Å². The third-order valence-electron chi connectivity index (χ3n) is 5.74. The lowest BCUT2D eigenvalue weighted by Crippen LogP contribution is -2.27. The summed E-state index contributed by atoms with van der Waals surface area (Å²) in [5.74, 6) is -0.189. The molecule has 2 amide bonds. The summed E-state index contributed by atoms with van der Waals surface area (Å²) >= 11 is 1.62. The average Bonchev–Trinajstić information content (AvgIpc) is 3.39. The fourth-order valence-corrected chi connectivity index (χ4v) is 4.60. The number of rotatable bonds is 6. The minimum absolute atomic E-state index is 0.0491. The van der Waals surface area contributed by atoms with Gasteiger partial charge in [0.05, 0.1) is 27.2 Å². The van der Waals surface area contributed by atoms with Crippen LogP contribution in [0.2, 0.25) is 0 Å². The maximum atomic E-state index is 13.5. The fraction of sp³-hybridized carbons (Fsp3) is 0.280. The summed E-state index contributed by atoms with van der Waals surface area (Å²) in [6.45, 7) is 4.25. The predicted molar refractivity (Wildman–Crippen MR) is 127 cm³/mol. The second kappa shape index (κ2) is 8.44. The SMILES string of the molecule is Cc1ccc(-c2cc(C(=O)N(C)Cc3ccc(C(=O)NC4CC4)cc3)c3c(C)noc3n2)s1. The molecule has 1 aliphatic carbocycles. The number of pyridine rings is 1. The number of benzene rings is 1. The first kappa shape index (κ1) is 21.3. The monoisotopic (exact) mass is 460 g/mol. The molecule has 1 aliphatic rings. The Balaban J connectivity index is 1.39. The summed E-state index contributed by atoms with van der Waals surface area (Å²) < 4.78 is 5.41. The Hall–Kier alpha value is -3.52. The van der Waals surface area contributed by atoms with Crippen LogP contribution in [0.4, 0.5) is 0 Å². The van der Waals surface area contributed by atoms with Crippen LogP contribution in [0.25, 0.3) is 21.7 Å². The molecule has 0 spiro atoms. The summed E-state index contributed by atoms with van der Waals surface area (Å²) in [6, 6.07) is 13.5. The summed E-state index contributed by atoms with van der Waals surface area (Å²) in [4.78, 5) is 34.1. The van der Waals surface area contributed by atoms with Crippen molar-refractivity contribution in [2.45, 2.75) is 39.3 Å². The lowest BCUT2D eigenvalue weighted by molar-refractivity contribution is 0.0786. The number of amides is 2. The van der Waals surface area contributed by atoms with E-state index in [1.54, 1.807) is 35.4 Å². The molecule has 0 unspecified atom stereocenters. The molecule has 0 bridgehead atoms. The maximum Gasteiger partial charge on any atom is 0.259 e. The Labute approximate surface area is 195 Å². The van der Waals surface area contributed by atoms with E-state index < -0.39 is 0 Å². The second-order valence-corrected chi connectivity index (χ2v) is 9.81. The Morgan fingerprint density at radius 2 is 1.91 bits per heavy atom. The van der Waals surface area contributed by atoms with Gasteiger partial charge in [-0.3, -0.25) is 9.59 Å². The molecule has 0 radical (unpaired) electrons. The Morgan fingerprint density at radius 1 is 1.15 bits per heavy atom. The Bertz CT molecular complexity index is 1350. The average molecular weight is 461 g/mol. The largest absolute Gasteiger partial charge is 0.349 e. The zero-order chi connectivity index (χ0) is 23.1. The van der Waals surface area contributed by atoms with Gasteiger partial charge in [0.15, 0.2) is 0 Å². The number of hydrogen-bond donors (Lipinski definition) is 1. The number of aryl methyl sites for hydroxylation is 2. The molecule has 0 atom stereocenters. The maximum absolute atomic E-state index is 13.5. The third kappa shape index (κ3) is 4.39. The van der Waals surface area contributed by atoms with E-state index >= 15 is 0 Å². The molecular weight excluding hydrogens is 436 g/mol. The Kier molecular flexibility index (Phi) is 5.46. The van der Waals surface area contributed by atoms with Crippen LogP contribution >= 0.6 is 11.3 Å². The first-order chi connectivity index (χ1) is 15.9. The van der Waals surface area contributed by atoms with Crippen LogP contribution in [0.3, 0.4) is 0 Å². The summed E-state index contributed by atoms with van der Waals surface area (Å²) in [5.41, 5.74) is 3.78. The van der Waals surface area contributed by atoms with Crippen LogP contribution in [-0.4, -0.2) is 39.9 Å². The van der Waals surface area contributed by atoms with E-state index in [1.807, 2.05) is 44.2 Å². The number of hydrogen-bond acceptors (Lipinski definition) is 6. The van der Waals surface area contributed by atoms with Crippen LogP contribution in [0.1, 0.15) is 49.7 Å². The summed E-state index contributed by atoms with van der Waals surface area (Å²) in [5, 5.41) is 7.65. The van der Waals surface area contributed by atoms with Gasteiger partial charge in [-0.05, 0) is 62.6 Å². The van der Waals surface area contributed by atoms with E-state index in [0.717, 1.165) is 23.3 Å². The third-order valence-corrected chi connectivity index (χ3v) is 6.76. The fourth-order valence-electron chi connectivity index (χ4n) is 3.77. The highest BCUT2D eigenvalue weighted by Gasteiger charge is 2.24. The van der Waals surface area contributed by atoms with Crippen molar-refractivity contribution in [2.24, 2.45) is 0 Å². The van der Waals surface area contributed by atoms with Crippen molar-refractivity contribution in [3.63, 3.8) is 0 Å². The number of thiophene rings is 1. The van der Waals surface area contributed by atoms with Gasteiger partial charge in [-0.2, -0.15) is 0 Å². The van der Waals surface area contributed by atoms with E-state index in [4.69, 9.17) is 4.52 Å². The molecule has 0 aliphatic heterocycles. The van der Waals surface area contributed by atoms with Crippen LogP contribution in [0.15, 0.2) is 47.0 Å². The molecule has 1 saturated carbocycles. The molecule has 8 heteroatoms. The molecule has 7 nitrogen and oxygen atoms in total. The van der Waals surface area contributed by atoms with Crippen molar-refractivity contribution >= 4 is 34.3 Å². The quantitative estimate of drug-likeness (QED) is 0.449. The van der Waals surface area contributed by atoms with Gasteiger partial charge < -0.3 is 14.7 Å². The molecule has 1 fully saturated rings. The van der Waals surface area contributed by atoms with E-state index in [9.17, 15) is 9.59 Å². The molecule has 0 saturated heterocycles.